The molecule has 25 heavy (non-hydrogen) atoms. The zero-order chi connectivity index (χ0) is 16.5. The van der Waals surface area contributed by atoms with E-state index in [1.165, 1.54) is 0 Å². The van der Waals surface area contributed by atoms with E-state index in [1.807, 2.05) is 42.2 Å². The highest BCUT2D eigenvalue weighted by atomic mass is 35.5. The average molecular weight is 359 g/mol. The van der Waals surface area contributed by atoms with E-state index in [2.05, 4.69) is 20.6 Å². The van der Waals surface area contributed by atoms with E-state index in [-0.39, 0.29) is 18.3 Å². The van der Waals surface area contributed by atoms with E-state index < -0.39 is 0 Å². The van der Waals surface area contributed by atoms with Gasteiger partial charge >= 0.3 is 0 Å². The van der Waals surface area contributed by atoms with Crippen molar-refractivity contribution in [2.24, 2.45) is 0 Å². The van der Waals surface area contributed by atoms with Gasteiger partial charge in [-0.2, -0.15) is 0 Å². The van der Waals surface area contributed by atoms with Crippen molar-refractivity contribution in [2.45, 2.75) is 6.92 Å². The first-order chi connectivity index (χ1) is 11.8. The number of fused-ring (bicyclic) bond motifs is 1. The molecule has 0 spiro atoms. The second-order valence-electron chi connectivity index (χ2n) is 5.82. The second-order valence-corrected chi connectivity index (χ2v) is 5.82. The number of rotatable bonds is 2. The number of hydrogen-bond donors (Lipinski definition) is 1. The van der Waals surface area contributed by atoms with Crippen LogP contribution in [0.1, 0.15) is 16.2 Å². The van der Waals surface area contributed by atoms with E-state index in [4.69, 9.17) is 0 Å². The molecule has 2 aromatic heterocycles. The molecule has 1 aliphatic heterocycles. The SMILES string of the molecule is Cc1c(C(=O)N2CCNCC2)nnn1-c1cccc2ncccc12.Cl. The van der Waals surface area contributed by atoms with E-state index in [9.17, 15) is 4.79 Å². The Morgan fingerprint density at radius 2 is 1.96 bits per heavy atom. The van der Waals surface area contributed by atoms with Gasteiger partial charge in [-0.1, -0.05) is 11.3 Å². The van der Waals surface area contributed by atoms with Crippen LogP contribution < -0.4 is 5.32 Å². The van der Waals surface area contributed by atoms with Gasteiger partial charge < -0.3 is 10.2 Å². The van der Waals surface area contributed by atoms with Gasteiger partial charge in [0.1, 0.15) is 0 Å². The molecule has 1 aliphatic rings. The highest BCUT2D eigenvalue weighted by Crippen LogP contribution is 2.22. The number of carbonyl (C=O) groups is 1. The third-order valence-corrected chi connectivity index (χ3v) is 4.35. The fourth-order valence-corrected chi connectivity index (χ4v) is 3.05. The van der Waals surface area contributed by atoms with Crippen molar-refractivity contribution in [1.82, 2.24) is 30.2 Å². The summed E-state index contributed by atoms with van der Waals surface area (Å²) < 4.78 is 1.72. The second kappa shape index (κ2) is 7.16. The molecule has 1 aromatic carbocycles. The van der Waals surface area contributed by atoms with Crippen LogP contribution in [0.3, 0.4) is 0 Å². The number of aromatic nitrogens is 4. The molecule has 1 N–H and O–H groups in total. The van der Waals surface area contributed by atoms with E-state index in [1.54, 1.807) is 10.9 Å². The number of nitrogens with zero attached hydrogens (tertiary/aromatic N) is 5. The predicted molar refractivity (Wildman–Crippen MR) is 97.4 cm³/mol. The van der Waals surface area contributed by atoms with Crippen LogP contribution in [0.25, 0.3) is 16.6 Å². The molecular formula is C17H19ClN6O. The molecule has 3 heterocycles. The Kier molecular flexibility index (Phi) is 4.96. The molecule has 1 amide bonds. The molecule has 3 aromatic rings. The van der Waals surface area contributed by atoms with E-state index in [0.717, 1.165) is 35.4 Å². The minimum Gasteiger partial charge on any atom is -0.335 e. The largest absolute Gasteiger partial charge is 0.335 e. The van der Waals surface area contributed by atoms with Crippen molar-refractivity contribution in [3.05, 3.63) is 47.9 Å². The van der Waals surface area contributed by atoms with Crippen molar-refractivity contribution in [3.8, 4) is 5.69 Å². The van der Waals surface area contributed by atoms with Gasteiger partial charge in [0, 0.05) is 37.8 Å². The monoisotopic (exact) mass is 358 g/mol. The fourth-order valence-electron chi connectivity index (χ4n) is 3.05. The number of halogens is 1. The minimum absolute atomic E-state index is 0. The van der Waals surface area contributed by atoms with Gasteiger partial charge in [-0.3, -0.25) is 9.78 Å². The van der Waals surface area contributed by atoms with E-state index >= 15 is 0 Å². The summed E-state index contributed by atoms with van der Waals surface area (Å²) in [4.78, 5) is 18.9. The molecule has 0 saturated carbocycles. The van der Waals surface area contributed by atoms with Gasteiger partial charge in [-0.15, -0.1) is 17.5 Å². The van der Waals surface area contributed by atoms with Crippen LogP contribution in [-0.4, -0.2) is 57.0 Å². The lowest BCUT2D eigenvalue weighted by molar-refractivity contribution is 0.0729. The Labute approximate surface area is 151 Å². The summed E-state index contributed by atoms with van der Waals surface area (Å²) in [6.45, 7) is 4.90. The maximum atomic E-state index is 12.7. The smallest absolute Gasteiger partial charge is 0.276 e. The van der Waals surface area contributed by atoms with Crippen molar-refractivity contribution < 1.29 is 4.79 Å². The summed E-state index contributed by atoms with van der Waals surface area (Å²) in [5.41, 5.74) is 2.93. The van der Waals surface area contributed by atoms with Crippen molar-refractivity contribution in [1.29, 1.82) is 0 Å². The van der Waals surface area contributed by atoms with Crippen LogP contribution in [-0.2, 0) is 0 Å². The Morgan fingerprint density at radius 3 is 2.76 bits per heavy atom. The van der Waals surface area contributed by atoms with Crippen LogP contribution in [0.5, 0.6) is 0 Å². The molecule has 0 bridgehead atoms. The summed E-state index contributed by atoms with van der Waals surface area (Å²) in [6.07, 6.45) is 1.76. The quantitative estimate of drug-likeness (QED) is 0.753. The first-order valence-electron chi connectivity index (χ1n) is 8.02. The zero-order valence-corrected chi connectivity index (χ0v) is 14.7. The molecule has 0 radical (unpaired) electrons. The number of amides is 1. The number of hydrogen-bond acceptors (Lipinski definition) is 5. The summed E-state index contributed by atoms with van der Waals surface area (Å²) in [5.74, 6) is -0.0568. The van der Waals surface area contributed by atoms with Crippen LogP contribution >= 0.6 is 12.4 Å². The van der Waals surface area contributed by atoms with Crippen molar-refractivity contribution >= 4 is 29.2 Å². The zero-order valence-electron chi connectivity index (χ0n) is 13.8. The standard InChI is InChI=1S/C17H18N6O.ClH/c1-12-16(17(24)22-10-8-18-9-11-22)20-21-23(12)15-6-2-5-14-13(15)4-3-7-19-14;/h2-7,18H,8-11H2,1H3;1H. The Balaban J connectivity index is 0.00000182. The fraction of sp³-hybridized carbons (Fsp3) is 0.294. The molecule has 0 atom stereocenters. The van der Waals surface area contributed by atoms with Gasteiger partial charge in [0.2, 0.25) is 0 Å². The summed E-state index contributed by atoms with van der Waals surface area (Å²) in [6, 6.07) is 9.74. The lowest BCUT2D eigenvalue weighted by atomic mass is 10.1. The summed E-state index contributed by atoms with van der Waals surface area (Å²) >= 11 is 0. The molecule has 1 saturated heterocycles. The first kappa shape index (κ1) is 17.3. The summed E-state index contributed by atoms with van der Waals surface area (Å²) in [5, 5.41) is 12.6. The highest BCUT2D eigenvalue weighted by Gasteiger charge is 2.24. The Hall–Kier alpha value is -2.51. The number of pyridine rings is 1. The molecular weight excluding hydrogens is 340 g/mol. The third kappa shape index (κ3) is 3.08. The molecule has 8 heteroatoms. The van der Waals surface area contributed by atoms with Crippen LogP contribution in [0.15, 0.2) is 36.5 Å². The predicted octanol–water partition coefficient (Wildman–Crippen LogP) is 1.59. The van der Waals surface area contributed by atoms with Gasteiger partial charge in [-0.25, -0.2) is 4.68 Å². The maximum absolute atomic E-state index is 12.7. The van der Waals surface area contributed by atoms with Crippen molar-refractivity contribution in [3.63, 3.8) is 0 Å². The average Bonchev–Trinajstić information content (AvgIpc) is 3.02. The van der Waals surface area contributed by atoms with Crippen LogP contribution in [0.2, 0.25) is 0 Å². The molecule has 0 unspecified atom stereocenters. The molecule has 7 nitrogen and oxygen atoms in total. The molecule has 130 valence electrons. The first-order valence-corrected chi connectivity index (χ1v) is 8.02. The van der Waals surface area contributed by atoms with E-state index in [0.29, 0.717) is 18.8 Å². The number of nitrogens with one attached hydrogen (secondary N) is 1. The summed E-state index contributed by atoms with van der Waals surface area (Å²) in [7, 11) is 0. The topological polar surface area (TPSA) is 75.9 Å². The number of benzene rings is 1. The van der Waals surface area contributed by atoms with Crippen LogP contribution in [0, 0.1) is 6.92 Å². The van der Waals surface area contributed by atoms with Gasteiger partial charge in [0.15, 0.2) is 5.69 Å². The number of carbonyl (C=O) groups excluding carboxylic acids is 1. The maximum Gasteiger partial charge on any atom is 0.276 e. The molecule has 1 fully saturated rings. The van der Waals surface area contributed by atoms with Gasteiger partial charge in [0.25, 0.3) is 5.91 Å². The minimum atomic E-state index is -0.0568. The normalized spacial score (nSPS) is 14.4. The van der Waals surface area contributed by atoms with Gasteiger partial charge in [0.05, 0.1) is 16.9 Å². The molecule has 4 rings (SSSR count). The molecule has 0 aliphatic carbocycles. The van der Waals surface area contributed by atoms with Crippen LogP contribution in [0.4, 0.5) is 0 Å². The number of piperazine rings is 1. The Bertz CT molecular complexity index is 898. The van der Waals surface area contributed by atoms with Gasteiger partial charge in [-0.05, 0) is 31.2 Å². The van der Waals surface area contributed by atoms with Crippen molar-refractivity contribution in [2.75, 3.05) is 26.2 Å². The third-order valence-electron chi connectivity index (χ3n) is 4.35. The lowest BCUT2D eigenvalue weighted by Gasteiger charge is -2.26. The lowest BCUT2D eigenvalue weighted by Crippen LogP contribution is -2.46. The Morgan fingerprint density at radius 1 is 1.16 bits per heavy atom. The highest BCUT2D eigenvalue weighted by molar-refractivity contribution is 5.94.